The Bertz CT molecular complexity index is 227. The van der Waals surface area contributed by atoms with Crippen molar-refractivity contribution in [1.82, 2.24) is 0 Å². The van der Waals surface area contributed by atoms with Crippen molar-refractivity contribution in [3.05, 3.63) is 0 Å². The highest BCUT2D eigenvalue weighted by atomic mass is 17.4. The van der Waals surface area contributed by atoms with Crippen LogP contribution in [0.1, 0.15) is 71.1 Å². The van der Waals surface area contributed by atoms with Gasteiger partial charge in [0, 0.05) is 6.42 Å². The Morgan fingerprint density at radius 3 is 1.82 bits per heavy atom. The summed E-state index contributed by atoms with van der Waals surface area (Å²) in [6.45, 7) is 2.23. The van der Waals surface area contributed by atoms with Crippen LogP contribution in [0, 0.1) is 0 Å². The normalized spacial score (nSPS) is 17.0. The molecule has 100 valence electrons. The molecule has 1 aliphatic rings. The summed E-state index contributed by atoms with van der Waals surface area (Å²) in [5.41, 5.74) is 5.15. The third-order valence-electron chi connectivity index (χ3n) is 3.27. The van der Waals surface area contributed by atoms with Gasteiger partial charge in [0.1, 0.15) is 0 Å². The first-order valence-electron chi connectivity index (χ1n) is 6.88. The van der Waals surface area contributed by atoms with E-state index in [0.29, 0.717) is 6.42 Å². The summed E-state index contributed by atoms with van der Waals surface area (Å²) < 4.78 is 0. The Morgan fingerprint density at radius 2 is 1.41 bits per heavy atom. The molecule has 1 saturated heterocycles. The van der Waals surface area contributed by atoms with Crippen LogP contribution in [0.2, 0.25) is 0 Å². The van der Waals surface area contributed by atoms with Crippen molar-refractivity contribution >= 4 is 5.91 Å². The molecule has 0 radical (unpaired) electrons. The van der Waals surface area contributed by atoms with E-state index in [1.54, 1.807) is 0 Å². The molecule has 0 aromatic rings. The molecule has 1 amide bonds. The summed E-state index contributed by atoms with van der Waals surface area (Å²) in [5.74, 6) is -1.57. The lowest BCUT2D eigenvalue weighted by atomic mass is 10.0. The van der Waals surface area contributed by atoms with E-state index in [0.717, 1.165) is 12.8 Å². The van der Waals surface area contributed by atoms with Gasteiger partial charge in [-0.1, -0.05) is 58.3 Å². The number of rotatable bonds is 11. The number of primary amides is 1. The second-order valence-corrected chi connectivity index (χ2v) is 4.86. The predicted octanol–water partition coefficient (Wildman–Crippen LogP) is 3.05. The largest absolute Gasteiger partial charge is 0.365 e. The number of carbonyl (C=O) groups excluding carboxylic acids is 1. The minimum absolute atomic E-state index is 0.503. The van der Waals surface area contributed by atoms with Crippen molar-refractivity contribution in [2.75, 3.05) is 0 Å². The van der Waals surface area contributed by atoms with Gasteiger partial charge in [0.2, 0.25) is 0 Å². The van der Waals surface area contributed by atoms with Crippen molar-refractivity contribution < 1.29 is 14.6 Å². The van der Waals surface area contributed by atoms with Crippen LogP contribution in [-0.4, -0.2) is 11.7 Å². The first-order chi connectivity index (χ1) is 8.21. The number of nitrogens with two attached hydrogens (primary N) is 1. The Labute approximate surface area is 104 Å². The van der Waals surface area contributed by atoms with E-state index in [9.17, 15) is 4.79 Å². The Hall–Kier alpha value is -0.610. The molecular formula is C13H25NO3. The fraction of sp³-hybridized carbons (Fsp3) is 0.923. The standard InChI is InChI=1S/C13H25NO3/c1-2-3-4-5-6-7-8-9-10-11-13(12(14)15)16-17-13/h2-11H2,1H3,(H2,14,15). The van der Waals surface area contributed by atoms with E-state index in [1.807, 2.05) is 0 Å². The van der Waals surface area contributed by atoms with Crippen LogP contribution >= 0.6 is 0 Å². The summed E-state index contributed by atoms with van der Waals surface area (Å²) in [4.78, 5) is 20.2. The van der Waals surface area contributed by atoms with Crippen LogP contribution in [0.25, 0.3) is 0 Å². The Kier molecular flexibility index (Phi) is 6.52. The zero-order valence-corrected chi connectivity index (χ0v) is 10.9. The van der Waals surface area contributed by atoms with Crippen molar-refractivity contribution in [2.24, 2.45) is 5.73 Å². The average molecular weight is 243 g/mol. The van der Waals surface area contributed by atoms with E-state index in [-0.39, 0.29) is 0 Å². The van der Waals surface area contributed by atoms with Crippen molar-refractivity contribution in [3.63, 3.8) is 0 Å². The molecule has 4 nitrogen and oxygen atoms in total. The van der Waals surface area contributed by atoms with Crippen molar-refractivity contribution in [2.45, 2.75) is 76.9 Å². The molecule has 0 spiro atoms. The molecule has 4 heteroatoms. The molecule has 2 N–H and O–H groups in total. The fourth-order valence-electron chi connectivity index (χ4n) is 2.01. The summed E-state index contributed by atoms with van der Waals surface area (Å²) in [6, 6.07) is 0. The molecule has 0 bridgehead atoms. The molecule has 1 fully saturated rings. The highest BCUT2D eigenvalue weighted by Crippen LogP contribution is 2.34. The van der Waals surface area contributed by atoms with Gasteiger partial charge in [-0.25, -0.2) is 0 Å². The zero-order chi connectivity index (χ0) is 12.6. The van der Waals surface area contributed by atoms with Gasteiger partial charge in [0.25, 0.3) is 5.91 Å². The number of hydrogen-bond acceptors (Lipinski definition) is 3. The van der Waals surface area contributed by atoms with Crippen LogP contribution in [0.5, 0.6) is 0 Å². The maximum atomic E-state index is 10.9. The minimum Gasteiger partial charge on any atom is -0.365 e. The molecule has 0 aromatic carbocycles. The average Bonchev–Trinajstić information content (AvgIpc) is 3.08. The Morgan fingerprint density at radius 1 is 0.941 bits per heavy atom. The van der Waals surface area contributed by atoms with Crippen molar-refractivity contribution in [1.29, 1.82) is 0 Å². The first-order valence-corrected chi connectivity index (χ1v) is 6.88. The third-order valence-corrected chi connectivity index (χ3v) is 3.27. The van der Waals surface area contributed by atoms with Crippen LogP contribution in [0.15, 0.2) is 0 Å². The SMILES string of the molecule is CCCCCCCCCCCC1(C(N)=O)OO1. The van der Waals surface area contributed by atoms with Gasteiger partial charge in [0.05, 0.1) is 0 Å². The molecule has 0 unspecified atom stereocenters. The molecule has 0 saturated carbocycles. The second-order valence-electron chi connectivity index (χ2n) is 4.86. The summed E-state index contributed by atoms with van der Waals surface area (Å²) in [5, 5.41) is 0. The van der Waals surface area contributed by atoms with Gasteiger partial charge in [-0.3, -0.25) is 4.79 Å². The van der Waals surface area contributed by atoms with E-state index in [1.165, 1.54) is 44.9 Å². The van der Waals surface area contributed by atoms with Gasteiger partial charge in [-0.2, -0.15) is 9.78 Å². The highest BCUT2D eigenvalue weighted by Gasteiger charge is 2.54. The lowest BCUT2D eigenvalue weighted by Crippen LogP contribution is -2.31. The van der Waals surface area contributed by atoms with E-state index in [2.05, 4.69) is 16.7 Å². The summed E-state index contributed by atoms with van der Waals surface area (Å²) in [7, 11) is 0. The van der Waals surface area contributed by atoms with E-state index < -0.39 is 11.7 Å². The molecule has 1 aliphatic heterocycles. The van der Waals surface area contributed by atoms with Gasteiger partial charge in [0.15, 0.2) is 0 Å². The molecule has 0 aromatic heterocycles. The topological polar surface area (TPSA) is 68.2 Å². The van der Waals surface area contributed by atoms with Crippen molar-refractivity contribution in [3.8, 4) is 0 Å². The maximum absolute atomic E-state index is 10.9. The number of hydrogen-bond donors (Lipinski definition) is 1. The highest BCUT2D eigenvalue weighted by molar-refractivity contribution is 5.83. The number of carbonyl (C=O) groups is 1. The second kappa shape index (κ2) is 7.67. The summed E-state index contributed by atoms with van der Waals surface area (Å²) >= 11 is 0. The van der Waals surface area contributed by atoms with E-state index in [4.69, 9.17) is 5.73 Å². The van der Waals surface area contributed by atoms with Crippen LogP contribution < -0.4 is 5.73 Å². The molecule has 0 atom stereocenters. The molecular weight excluding hydrogens is 218 g/mol. The quantitative estimate of drug-likeness (QED) is 0.344. The predicted molar refractivity (Wildman–Crippen MR) is 65.9 cm³/mol. The number of amides is 1. The lowest BCUT2D eigenvalue weighted by Gasteiger charge is -2.03. The molecule has 17 heavy (non-hydrogen) atoms. The minimum atomic E-state index is -1.07. The zero-order valence-electron chi connectivity index (χ0n) is 10.9. The van der Waals surface area contributed by atoms with Crippen LogP contribution in [-0.2, 0) is 14.6 Å². The maximum Gasteiger partial charge on any atom is 0.310 e. The van der Waals surface area contributed by atoms with Gasteiger partial charge in [-0.15, -0.1) is 0 Å². The van der Waals surface area contributed by atoms with Gasteiger partial charge >= 0.3 is 5.79 Å². The molecule has 1 rings (SSSR count). The number of unbranched alkanes of at least 4 members (excludes halogenated alkanes) is 8. The van der Waals surface area contributed by atoms with Crippen LogP contribution in [0.3, 0.4) is 0 Å². The van der Waals surface area contributed by atoms with Crippen LogP contribution in [0.4, 0.5) is 0 Å². The van der Waals surface area contributed by atoms with E-state index >= 15 is 0 Å². The van der Waals surface area contributed by atoms with Gasteiger partial charge < -0.3 is 5.73 Å². The van der Waals surface area contributed by atoms with Gasteiger partial charge in [-0.05, 0) is 6.42 Å². The smallest absolute Gasteiger partial charge is 0.310 e. The Balaban J connectivity index is 1.83. The third kappa shape index (κ3) is 5.50. The fourth-order valence-corrected chi connectivity index (χ4v) is 2.01. The lowest BCUT2D eigenvalue weighted by molar-refractivity contribution is -0.124. The monoisotopic (exact) mass is 243 g/mol. The first kappa shape index (κ1) is 14.5. The molecule has 0 aliphatic carbocycles. The molecule has 1 heterocycles. The summed E-state index contributed by atoms with van der Waals surface area (Å²) in [6.07, 6.45) is 11.9.